The minimum absolute atomic E-state index is 0.0579. The van der Waals surface area contributed by atoms with E-state index in [0.29, 0.717) is 6.42 Å². The monoisotopic (exact) mass is 344 g/mol. The fourth-order valence-corrected chi connectivity index (χ4v) is 3.15. The van der Waals surface area contributed by atoms with Gasteiger partial charge in [0.15, 0.2) is 0 Å². The Labute approximate surface area is 138 Å². The highest BCUT2D eigenvalue weighted by Crippen LogP contribution is 2.23. The number of nitrogens with zero attached hydrogens (tertiary/aromatic N) is 2. The fraction of sp³-hybridized carbons (Fsp3) is 0.467. The van der Waals surface area contributed by atoms with Gasteiger partial charge in [0.1, 0.15) is 11.6 Å². The first-order chi connectivity index (χ1) is 10.8. The molecular formula is C15H18F2N2O3S. The summed E-state index contributed by atoms with van der Waals surface area (Å²) in [5.41, 5.74) is 0.0579. The van der Waals surface area contributed by atoms with Crippen LogP contribution in [0.3, 0.4) is 0 Å². The average molecular weight is 344 g/mol. The average Bonchev–Trinajstić information content (AvgIpc) is 2.83. The minimum atomic E-state index is -1.08. The number of hydrogen-bond donors (Lipinski definition) is 2. The lowest BCUT2D eigenvalue weighted by molar-refractivity contribution is -0.130. The Kier molecular flexibility index (Phi) is 5.46. The van der Waals surface area contributed by atoms with Crippen LogP contribution in [0.1, 0.15) is 18.9 Å². The van der Waals surface area contributed by atoms with Gasteiger partial charge in [0.05, 0.1) is 6.04 Å². The summed E-state index contributed by atoms with van der Waals surface area (Å²) in [6, 6.07) is 2.64. The molecule has 1 aromatic carbocycles. The zero-order valence-corrected chi connectivity index (χ0v) is 13.5. The van der Waals surface area contributed by atoms with Crippen LogP contribution < -0.4 is 0 Å². The third kappa shape index (κ3) is 4.34. The van der Waals surface area contributed by atoms with Gasteiger partial charge in [-0.3, -0.25) is 4.79 Å². The van der Waals surface area contributed by atoms with Crippen molar-refractivity contribution in [2.24, 2.45) is 0 Å². The molecule has 0 aromatic heterocycles. The SMILES string of the molecule is CC(=O)N(Cc1cc(F)ccc1F)C[C@@H]1C[C@@H](S)CN1C(=O)O. The highest BCUT2D eigenvalue weighted by molar-refractivity contribution is 7.81. The molecule has 1 aliphatic heterocycles. The van der Waals surface area contributed by atoms with E-state index in [1.54, 1.807) is 0 Å². The summed E-state index contributed by atoms with van der Waals surface area (Å²) in [5.74, 6) is -1.53. The highest BCUT2D eigenvalue weighted by Gasteiger charge is 2.35. The number of carbonyl (C=O) groups is 2. The molecule has 1 aliphatic rings. The van der Waals surface area contributed by atoms with Crippen molar-refractivity contribution in [2.45, 2.75) is 31.2 Å². The van der Waals surface area contributed by atoms with E-state index in [0.717, 1.165) is 18.2 Å². The van der Waals surface area contributed by atoms with Crippen molar-refractivity contribution in [3.8, 4) is 0 Å². The molecule has 5 nitrogen and oxygen atoms in total. The number of benzene rings is 1. The summed E-state index contributed by atoms with van der Waals surface area (Å²) in [7, 11) is 0. The van der Waals surface area contributed by atoms with E-state index in [9.17, 15) is 23.5 Å². The molecule has 8 heteroatoms. The van der Waals surface area contributed by atoms with E-state index in [-0.39, 0.29) is 36.4 Å². The van der Waals surface area contributed by atoms with E-state index in [2.05, 4.69) is 12.6 Å². The van der Waals surface area contributed by atoms with E-state index in [1.807, 2.05) is 0 Å². The van der Waals surface area contributed by atoms with Crippen molar-refractivity contribution in [3.63, 3.8) is 0 Å². The molecule has 0 aliphatic carbocycles. The molecule has 1 heterocycles. The molecule has 0 radical (unpaired) electrons. The number of hydrogen-bond acceptors (Lipinski definition) is 3. The van der Waals surface area contributed by atoms with E-state index >= 15 is 0 Å². The van der Waals surface area contributed by atoms with E-state index < -0.39 is 23.8 Å². The molecule has 0 unspecified atom stereocenters. The Bertz CT molecular complexity index is 614. The van der Waals surface area contributed by atoms with E-state index in [1.165, 1.54) is 16.7 Å². The molecule has 23 heavy (non-hydrogen) atoms. The van der Waals surface area contributed by atoms with Gasteiger partial charge in [-0.25, -0.2) is 13.6 Å². The lowest BCUT2D eigenvalue weighted by Gasteiger charge is -2.29. The van der Waals surface area contributed by atoms with E-state index in [4.69, 9.17) is 0 Å². The molecule has 0 saturated carbocycles. The van der Waals surface area contributed by atoms with Crippen molar-refractivity contribution in [1.29, 1.82) is 0 Å². The van der Waals surface area contributed by atoms with Crippen LogP contribution in [0.25, 0.3) is 0 Å². The van der Waals surface area contributed by atoms with Gasteiger partial charge in [-0.05, 0) is 24.6 Å². The smallest absolute Gasteiger partial charge is 0.407 e. The lowest BCUT2D eigenvalue weighted by atomic mass is 10.1. The highest BCUT2D eigenvalue weighted by atomic mass is 32.1. The molecule has 2 amide bonds. The van der Waals surface area contributed by atoms with Gasteiger partial charge in [0.2, 0.25) is 5.91 Å². The zero-order valence-electron chi connectivity index (χ0n) is 12.6. The Balaban J connectivity index is 2.14. The first-order valence-electron chi connectivity index (χ1n) is 7.15. The molecule has 2 rings (SSSR count). The summed E-state index contributed by atoms with van der Waals surface area (Å²) in [5, 5.41) is 9.10. The minimum Gasteiger partial charge on any atom is -0.465 e. The Hall–Kier alpha value is -1.83. The Morgan fingerprint density at radius 3 is 2.74 bits per heavy atom. The summed E-state index contributed by atoms with van der Waals surface area (Å²) in [6.07, 6.45) is -0.572. The van der Waals surface area contributed by atoms with Crippen molar-refractivity contribution < 1.29 is 23.5 Å². The van der Waals surface area contributed by atoms with Crippen LogP contribution in [0.2, 0.25) is 0 Å². The summed E-state index contributed by atoms with van der Waals surface area (Å²) in [4.78, 5) is 25.6. The maximum atomic E-state index is 13.8. The molecule has 2 atom stereocenters. The molecule has 0 spiro atoms. The van der Waals surface area contributed by atoms with Crippen LogP contribution in [0.4, 0.5) is 13.6 Å². The number of halogens is 2. The molecular weight excluding hydrogens is 326 g/mol. The van der Waals surface area contributed by atoms with Crippen molar-refractivity contribution in [3.05, 3.63) is 35.4 Å². The number of carboxylic acid groups (broad SMARTS) is 1. The maximum absolute atomic E-state index is 13.8. The standard InChI is InChI=1S/C15H18F2N2O3S/c1-9(20)18(6-10-4-11(16)2-3-14(10)17)7-12-5-13(23)8-19(12)15(21)22/h2-4,12-13,23H,5-8H2,1H3,(H,21,22)/t12-,13+/m0/s1. The first kappa shape index (κ1) is 17.5. The number of thiol groups is 1. The molecule has 126 valence electrons. The fourth-order valence-electron chi connectivity index (χ4n) is 2.73. The van der Waals surface area contributed by atoms with Crippen LogP contribution in [-0.2, 0) is 11.3 Å². The van der Waals surface area contributed by atoms with Gasteiger partial charge < -0.3 is 14.9 Å². The third-order valence-electron chi connectivity index (χ3n) is 3.88. The second-order valence-electron chi connectivity index (χ2n) is 5.61. The number of rotatable bonds is 4. The molecule has 1 N–H and O–H groups in total. The van der Waals surface area contributed by atoms with Gasteiger partial charge in [-0.15, -0.1) is 0 Å². The van der Waals surface area contributed by atoms with Gasteiger partial charge in [0, 0.05) is 37.4 Å². The van der Waals surface area contributed by atoms with Gasteiger partial charge in [-0.1, -0.05) is 0 Å². The Morgan fingerprint density at radius 1 is 1.43 bits per heavy atom. The van der Waals surface area contributed by atoms with Gasteiger partial charge in [-0.2, -0.15) is 12.6 Å². The molecule has 0 bridgehead atoms. The maximum Gasteiger partial charge on any atom is 0.407 e. The predicted molar refractivity (Wildman–Crippen MR) is 83.4 cm³/mol. The normalized spacial score (nSPS) is 20.6. The van der Waals surface area contributed by atoms with Crippen LogP contribution in [0.15, 0.2) is 18.2 Å². The Morgan fingerprint density at radius 2 is 2.13 bits per heavy atom. The van der Waals surface area contributed by atoms with Crippen LogP contribution in [-0.4, -0.2) is 51.3 Å². The molecule has 1 aromatic rings. The first-order valence-corrected chi connectivity index (χ1v) is 7.66. The molecule has 1 fully saturated rings. The van der Waals surface area contributed by atoms with Gasteiger partial charge in [0.25, 0.3) is 0 Å². The quantitative estimate of drug-likeness (QED) is 0.825. The predicted octanol–water partition coefficient (Wildman–Crippen LogP) is 2.36. The largest absolute Gasteiger partial charge is 0.465 e. The second kappa shape index (κ2) is 7.16. The van der Waals surface area contributed by atoms with Crippen LogP contribution in [0.5, 0.6) is 0 Å². The van der Waals surface area contributed by atoms with Crippen molar-refractivity contribution in [1.82, 2.24) is 9.80 Å². The van der Waals surface area contributed by atoms with Crippen LogP contribution in [0, 0.1) is 11.6 Å². The second-order valence-corrected chi connectivity index (χ2v) is 6.34. The summed E-state index contributed by atoms with van der Waals surface area (Å²) >= 11 is 4.29. The topological polar surface area (TPSA) is 60.9 Å². The third-order valence-corrected chi connectivity index (χ3v) is 4.26. The lowest BCUT2D eigenvalue weighted by Crippen LogP contribution is -2.44. The summed E-state index contributed by atoms with van der Waals surface area (Å²) < 4.78 is 27.0. The van der Waals surface area contributed by atoms with Crippen molar-refractivity contribution >= 4 is 24.6 Å². The summed E-state index contributed by atoms with van der Waals surface area (Å²) in [6.45, 7) is 1.60. The van der Waals surface area contributed by atoms with Crippen LogP contribution >= 0.6 is 12.6 Å². The number of amides is 2. The van der Waals surface area contributed by atoms with Gasteiger partial charge >= 0.3 is 6.09 Å². The number of carbonyl (C=O) groups excluding carboxylic acids is 1. The molecule has 1 saturated heterocycles. The number of likely N-dealkylation sites (tertiary alicyclic amines) is 1. The zero-order chi connectivity index (χ0) is 17.1. The van der Waals surface area contributed by atoms with Crippen molar-refractivity contribution in [2.75, 3.05) is 13.1 Å².